The van der Waals surface area contributed by atoms with Crippen molar-refractivity contribution >= 4 is 0 Å². The van der Waals surface area contributed by atoms with E-state index in [1.54, 1.807) is 0 Å². The molecule has 0 heterocycles. The smallest absolute Gasteiger partial charge is 0.00904 e. The second-order valence-corrected chi connectivity index (χ2v) is 8.32. The SMILES string of the molecule is C.C.C.C.C=C1CCC(c2ccc(C(C)CCCCC)cc2)C1C/C=C\CCCC. The first kappa shape index (κ1) is 33.3. The highest BCUT2D eigenvalue weighted by atomic mass is 14.3. The van der Waals surface area contributed by atoms with Gasteiger partial charge in [0.25, 0.3) is 0 Å². The Morgan fingerprint density at radius 2 is 1.57 bits per heavy atom. The summed E-state index contributed by atoms with van der Waals surface area (Å²) in [5, 5.41) is 0. The van der Waals surface area contributed by atoms with Gasteiger partial charge in [0, 0.05) is 0 Å². The highest BCUT2D eigenvalue weighted by molar-refractivity contribution is 5.31. The Kier molecular flexibility index (Phi) is 20.5. The van der Waals surface area contributed by atoms with E-state index in [-0.39, 0.29) is 29.7 Å². The summed E-state index contributed by atoms with van der Waals surface area (Å²) in [6, 6.07) is 9.59. The summed E-state index contributed by atoms with van der Waals surface area (Å²) in [5.74, 6) is 2.00. The van der Waals surface area contributed by atoms with Crippen LogP contribution in [0.3, 0.4) is 0 Å². The van der Waals surface area contributed by atoms with Gasteiger partial charge in [-0.1, -0.05) is 131 Å². The Hall–Kier alpha value is -1.30. The van der Waals surface area contributed by atoms with E-state index in [0.717, 1.165) is 0 Å². The van der Waals surface area contributed by atoms with Gasteiger partial charge in [-0.2, -0.15) is 0 Å². The zero-order valence-corrected chi connectivity index (χ0v) is 17.5. The lowest BCUT2D eigenvalue weighted by Gasteiger charge is -2.21. The van der Waals surface area contributed by atoms with E-state index in [4.69, 9.17) is 0 Å². The van der Waals surface area contributed by atoms with Gasteiger partial charge in [-0.15, -0.1) is 0 Å². The van der Waals surface area contributed by atoms with E-state index >= 15 is 0 Å². The van der Waals surface area contributed by atoms with Crippen LogP contribution in [0.4, 0.5) is 0 Å². The molecule has 0 saturated heterocycles. The minimum Gasteiger partial charge on any atom is -0.0995 e. The number of hydrogen-bond donors (Lipinski definition) is 0. The Morgan fingerprint density at radius 3 is 2.17 bits per heavy atom. The van der Waals surface area contributed by atoms with E-state index in [2.05, 4.69) is 63.8 Å². The summed E-state index contributed by atoms with van der Waals surface area (Å²) in [7, 11) is 0. The molecule has 1 aliphatic carbocycles. The average molecular weight is 417 g/mol. The predicted octanol–water partition coefficient (Wildman–Crippen LogP) is 11.1. The molecule has 0 N–H and O–H groups in total. The number of hydrogen-bond acceptors (Lipinski definition) is 0. The maximum atomic E-state index is 4.38. The minimum absolute atomic E-state index is 0. The number of allylic oxidation sites excluding steroid dienone is 3. The van der Waals surface area contributed by atoms with Gasteiger partial charge >= 0.3 is 0 Å². The van der Waals surface area contributed by atoms with Crippen LogP contribution in [-0.2, 0) is 0 Å². The van der Waals surface area contributed by atoms with Crippen LogP contribution in [-0.4, -0.2) is 0 Å². The molecule has 0 heteroatoms. The monoisotopic (exact) mass is 416 g/mol. The van der Waals surface area contributed by atoms with E-state index in [9.17, 15) is 0 Å². The zero-order valence-electron chi connectivity index (χ0n) is 17.5. The van der Waals surface area contributed by atoms with Crippen molar-refractivity contribution in [3.63, 3.8) is 0 Å². The Bertz CT molecular complexity index is 548. The molecule has 0 nitrogen and oxygen atoms in total. The van der Waals surface area contributed by atoms with Gasteiger partial charge < -0.3 is 0 Å². The molecule has 2 rings (SSSR count). The lowest BCUT2D eigenvalue weighted by Crippen LogP contribution is -2.07. The second kappa shape index (κ2) is 18.5. The maximum absolute atomic E-state index is 4.38. The quantitative estimate of drug-likeness (QED) is 0.248. The van der Waals surface area contributed by atoms with Crippen molar-refractivity contribution in [2.24, 2.45) is 5.92 Å². The van der Waals surface area contributed by atoms with Crippen molar-refractivity contribution in [3.05, 3.63) is 59.7 Å². The topological polar surface area (TPSA) is 0 Å². The van der Waals surface area contributed by atoms with Crippen LogP contribution in [0.25, 0.3) is 0 Å². The van der Waals surface area contributed by atoms with Crippen molar-refractivity contribution in [2.75, 3.05) is 0 Å². The Labute approximate surface area is 192 Å². The van der Waals surface area contributed by atoms with Crippen molar-refractivity contribution in [2.45, 2.75) is 127 Å². The molecule has 1 aromatic carbocycles. The van der Waals surface area contributed by atoms with Gasteiger partial charge in [-0.3, -0.25) is 0 Å². The van der Waals surface area contributed by atoms with Crippen molar-refractivity contribution < 1.29 is 0 Å². The van der Waals surface area contributed by atoms with Crippen LogP contribution in [0.15, 0.2) is 48.6 Å². The Morgan fingerprint density at radius 1 is 0.933 bits per heavy atom. The number of unbranched alkanes of at least 4 members (excludes halogenated alkanes) is 4. The van der Waals surface area contributed by atoms with Gasteiger partial charge in [0.2, 0.25) is 0 Å². The summed E-state index contributed by atoms with van der Waals surface area (Å²) in [6.07, 6.45) is 17.6. The molecule has 3 atom stereocenters. The molecular weight excluding hydrogens is 360 g/mol. The largest absolute Gasteiger partial charge is 0.0995 e. The molecule has 3 unspecified atom stereocenters. The van der Waals surface area contributed by atoms with E-state index in [1.165, 1.54) is 80.9 Å². The van der Waals surface area contributed by atoms with Crippen LogP contribution in [0.2, 0.25) is 0 Å². The summed E-state index contributed by atoms with van der Waals surface area (Å²) < 4.78 is 0. The highest BCUT2D eigenvalue weighted by Gasteiger charge is 2.30. The fourth-order valence-corrected chi connectivity index (χ4v) is 4.36. The first-order valence-corrected chi connectivity index (χ1v) is 11.1. The average Bonchev–Trinajstić information content (AvgIpc) is 3.02. The summed E-state index contributed by atoms with van der Waals surface area (Å²) in [5.41, 5.74) is 4.50. The van der Waals surface area contributed by atoms with Gasteiger partial charge in [-0.25, -0.2) is 0 Å². The molecule has 30 heavy (non-hydrogen) atoms. The van der Waals surface area contributed by atoms with Crippen LogP contribution < -0.4 is 0 Å². The van der Waals surface area contributed by atoms with Gasteiger partial charge in [0.05, 0.1) is 0 Å². The van der Waals surface area contributed by atoms with Crippen molar-refractivity contribution in [3.8, 4) is 0 Å². The van der Waals surface area contributed by atoms with Gasteiger partial charge in [-0.05, 0) is 61.0 Å². The fraction of sp³-hybridized carbons (Fsp3) is 0.667. The van der Waals surface area contributed by atoms with Crippen LogP contribution >= 0.6 is 0 Å². The molecule has 1 aromatic rings. The first-order chi connectivity index (χ1) is 12.7. The molecule has 1 fully saturated rings. The molecule has 0 aliphatic heterocycles. The molecule has 0 amide bonds. The molecule has 0 radical (unpaired) electrons. The predicted molar refractivity (Wildman–Crippen MR) is 144 cm³/mol. The van der Waals surface area contributed by atoms with Crippen LogP contribution in [0, 0.1) is 5.92 Å². The first-order valence-electron chi connectivity index (χ1n) is 11.1. The Balaban J connectivity index is -0.00000182. The van der Waals surface area contributed by atoms with Crippen LogP contribution in [0.5, 0.6) is 0 Å². The third kappa shape index (κ3) is 10.1. The third-order valence-electron chi connectivity index (χ3n) is 6.24. The summed E-state index contributed by atoms with van der Waals surface area (Å²) in [6.45, 7) is 11.3. The van der Waals surface area contributed by atoms with E-state index in [0.29, 0.717) is 17.8 Å². The van der Waals surface area contributed by atoms with Crippen LogP contribution in [0.1, 0.15) is 138 Å². The molecule has 0 spiro atoms. The highest BCUT2D eigenvalue weighted by Crippen LogP contribution is 2.44. The normalized spacial score (nSPS) is 18.7. The number of rotatable bonds is 11. The second-order valence-electron chi connectivity index (χ2n) is 8.32. The molecule has 1 saturated carbocycles. The standard InChI is InChI=1S/C26H40.4CH4/c1-5-7-9-10-12-14-25-22(4)15-20-26(25)24-18-16-23(17-19-24)21(3)13-11-8-6-2;;;;/h10,12,16-19,21,25-26H,4-9,11,13-15,20H2,1-3H3;4*1H4/b12-10-;;;;. The molecule has 0 bridgehead atoms. The van der Waals surface area contributed by atoms with Gasteiger partial charge in [0.15, 0.2) is 0 Å². The molecule has 1 aliphatic rings. The lowest BCUT2D eigenvalue weighted by molar-refractivity contribution is 0.543. The summed E-state index contributed by atoms with van der Waals surface area (Å²) in [4.78, 5) is 0. The van der Waals surface area contributed by atoms with Gasteiger partial charge in [0.1, 0.15) is 0 Å². The van der Waals surface area contributed by atoms with E-state index < -0.39 is 0 Å². The molecule has 176 valence electrons. The molecular formula is C30H56. The molecule has 0 aromatic heterocycles. The lowest BCUT2D eigenvalue weighted by atomic mass is 9.84. The number of benzene rings is 1. The fourth-order valence-electron chi connectivity index (χ4n) is 4.36. The van der Waals surface area contributed by atoms with Crippen molar-refractivity contribution in [1.82, 2.24) is 0 Å². The maximum Gasteiger partial charge on any atom is -0.00904 e. The van der Waals surface area contributed by atoms with E-state index in [1.807, 2.05) is 0 Å². The zero-order chi connectivity index (χ0) is 18.8. The minimum atomic E-state index is 0. The third-order valence-corrected chi connectivity index (χ3v) is 6.24. The summed E-state index contributed by atoms with van der Waals surface area (Å²) >= 11 is 0. The van der Waals surface area contributed by atoms with Crippen molar-refractivity contribution in [1.29, 1.82) is 0 Å².